The Morgan fingerprint density at radius 2 is 1.00 bits per heavy atom. The Balaban J connectivity index is 0. The molecule has 58 heavy (non-hydrogen) atoms. The van der Waals surface area contributed by atoms with Gasteiger partial charge in [0.1, 0.15) is 0 Å². The number of aliphatic hydroxyl groups is 1. The summed E-state index contributed by atoms with van der Waals surface area (Å²) < 4.78 is 48.7. The first-order valence-electron chi connectivity index (χ1n) is 22.8. The molecule has 10 nitrogen and oxygen atoms in total. The number of hydrogen-bond acceptors (Lipinski definition) is 9. The Bertz CT molecular complexity index is 936. The van der Waals surface area contributed by atoms with Crippen molar-refractivity contribution in [1.82, 2.24) is 5.32 Å². The Morgan fingerprint density at radius 1 is 0.638 bits per heavy atom. The Morgan fingerprint density at radius 3 is 1.34 bits per heavy atom. The molecule has 0 unspecified atom stereocenters. The van der Waals surface area contributed by atoms with Crippen LogP contribution in [0, 0.1) is 0 Å². The Hall–Kier alpha value is -1.61. The lowest BCUT2D eigenvalue weighted by atomic mass is 10.0. The van der Waals surface area contributed by atoms with Crippen LogP contribution in [0.3, 0.4) is 0 Å². The number of nitrogens with one attached hydrogen (secondary N) is 1. The van der Waals surface area contributed by atoms with Crippen LogP contribution < -0.4 is 11.1 Å². The number of amides is 1. The Labute approximate surface area is 354 Å². The number of aliphatic carboxylic acids is 1. The predicted molar refractivity (Wildman–Crippen MR) is 231 cm³/mol. The molecule has 1 amide bonds. The second-order valence-electron chi connectivity index (χ2n) is 15.5. The minimum absolute atomic E-state index is 0.0564. The zero-order valence-electron chi connectivity index (χ0n) is 36.7. The van der Waals surface area contributed by atoms with E-state index in [1.54, 1.807) is 11.8 Å². The third kappa shape index (κ3) is 41.1. The number of carbonyl (C=O) groups excluding carboxylic acids is 2. The van der Waals surface area contributed by atoms with Gasteiger partial charge in [0.2, 0.25) is 5.91 Å². The molecule has 0 bridgehead atoms. The smallest absolute Gasteiger partial charge is 0.475 e. The van der Waals surface area contributed by atoms with Crippen LogP contribution in [0.25, 0.3) is 0 Å². The lowest BCUT2D eigenvalue weighted by molar-refractivity contribution is -0.192. The van der Waals surface area contributed by atoms with Crippen molar-refractivity contribution >= 4 is 29.6 Å². The molecular weight excluding hydrogens is 774 g/mol. The summed E-state index contributed by atoms with van der Waals surface area (Å²) in [5.74, 6) is -2.88. The van der Waals surface area contributed by atoms with E-state index in [0.717, 1.165) is 26.1 Å². The molecule has 0 aliphatic heterocycles. The van der Waals surface area contributed by atoms with Crippen molar-refractivity contribution in [2.45, 2.75) is 218 Å². The zero-order valence-corrected chi connectivity index (χ0v) is 37.6. The minimum Gasteiger partial charge on any atom is -0.475 e. The van der Waals surface area contributed by atoms with Gasteiger partial charge in [-0.15, -0.1) is 0 Å². The maximum Gasteiger partial charge on any atom is 0.490 e. The van der Waals surface area contributed by atoms with E-state index in [2.05, 4.69) is 23.9 Å². The maximum absolute atomic E-state index is 12.5. The third-order valence-corrected chi connectivity index (χ3v) is 11.2. The number of hydrogen-bond donors (Lipinski definition) is 4. The SMILES string of the molecule is CCCCCCCCCCCCCCCCOC[C@H](CSC[C@H](N)C(=O)N[C@@H](CO)C(=O)OC)OCCCCCCCCCCCCCCCC.O=C(O)C(F)(F)F. The van der Waals surface area contributed by atoms with Gasteiger partial charge >= 0.3 is 18.1 Å². The first kappa shape index (κ1) is 58.5. The number of carboxylic acids is 1. The van der Waals surface area contributed by atoms with Crippen LogP contribution in [0.2, 0.25) is 0 Å². The summed E-state index contributed by atoms with van der Waals surface area (Å²) >= 11 is 1.55. The molecule has 0 rings (SSSR count). The number of carboxylic acid groups (broad SMARTS) is 1. The number of ether oxygens (including phenoxy) is 3. The second-order valence-corrected chi connectivity index (χ2v) is 16.5. The van der Waals surface area contributed by atoms with Crippen molar-refractivity contribution in [2.75, 3.05) is 45.0 Å². The van der Waals surface area contributed by atoms with Crippen molar-refractivity contribution in [3.8, 4) is 0 Å². The summed E-state index contributed by atoms with van der Waals surface area (Å²) in [4.78, 5) is 33.0. The number of methoxy groups -OCH3 is 1. The normalized spacial score (nSPS) is 13.0. The number of carbonyl (C=O) groups is 3. The second kappa shape index (κ2) is 43.5. The van der Waals surface area contributed by atoms with E-state index >= 15 is 0 Å². The fourth-order valence-electron chi connectivity index (χ4n) is 6.31. The maximum atomic E-state index is 12.5. The van der Waals surface area contributed by atoms with E-state index in [9.17, 15) is 27.9 Å². The van der Waals surface area contributed by atoms with Crippen molar-refractivity contribution in [2.24, 2.45) is 5.73 Å². The first-order chi connectivity index (χ1) is 27.9. The average molecular weight is 859 g/mol. The Kier molecular flexibility index (Phi) is 43.8. The van der Waals surface area contributed by atoms with E-state index in [4.69, 9.17) is 25.1 Å². The number of rotatable bonds is 41. The predicted octanol–water partition coefficient (Wildman–Crippen LogP) is 10.7. The number of unbranched alkanes of at least 4 members (excludes halogenated alkanes) is 26. The van der Waals surface area contributed by atoms with E-state index < -0.39 is 42.7 Å². The summed E-state index contributed by atoms with van der Waals surface area (Å²) in [6.07, 6.45) is 32.3. The molecule has 14 heteroatoms. The number of aliphatic hydroxyl groups excluding tert-OH is 1. The van der Waals surface area contributed by atoms with Gasteiger partial charge in [-0.3, -0.25) is 4.79 Å². The molecule has 0 aromatic carbocycles. The molecule has 0 aliphatic rings. The van der Waals surface area contributed by atoms with Gasteiger partial charge in [-0.25, -0.2) is 9.59 Å². The zero-order chi connectivity index (χ0) is 43.5. The van der Waals surface area contributed by atoms with Gasteiger partial charge in [0.15, 0.2) is 6.04 Å². The summed E-state index contributed by atoms with van der Waals surface area (Å²) in [6.45, 7) is 6.03. The van der Waals surface area contributed by atoms with Gasteiger partial charge < -0.3 is 35.5 Å². The molecular formula is C44H85F3N2O8S. The average Bonchev–Trinajstić information content (AvgIpc) is 3.20. The molecule has 0 saturated carbocycles. The lowest BCUT2D eigenvalue weighted by Gasteiger charge is -2.20. The van der Waals surface area contributed by atoms with E-state index in [0.29, 0.717) is 18.1 Å². The monoisotopic (exact) mass is 859 g/mol. The molecule has 3 atom stereocenters. The molecule has 0 aliphatic carbocycles. The first-order valence-corrected chi connectivity index (χ1v) is 23.9. The van der Waals surface area contributed by atoms with Gasteiger partial charge in [-0.1, -0.05) is 181 Å². The largest absolute Gasteiger partial charge is 0.490 e. The van der Waals surface area contributed by atoms with E-state index in [1.165, 1.54) is 174 Å². The number of halogens is 3. The van der Waals surface area contributed by atoms with Crippen molar-refractivity contribution in [3.05, 3.63) is 0 Å². The molecule has 0 heterocycles. The number of esters is 1. The molecule has 0 aromatic heterocycles. The van der Waals surface area contributed by atoms with Gasteiger partial charge in [-0.05, 0) is 12.8 Å². The molecule has 0 radical (unpaired) electrons. The van der Waals surface area contributed by atoms with Crippen molar-refractivity contribution in [3.63, 3.8) is 0 Å². The van der Waals surface area contributed by atoms with Gasteiger partial charge in [0.05, 0.1) is 32.5 Å². The summed E-state index contributed by atoms with van der Waals surface area (Å²) in [7, 11) is 1.22. The topological polar surface area (TPSA) is 157 Å². The summed E-state index contributed by atoms with van der Waals surface area (Å²) in [6, 6.07) is -1.92. The summed E-state index contributed by atoms with van der Waals surface area (Å²) in [5.41, 5.74) is 6.09. The van der Waals surface area contributed by atoms with Gasteiger partial charge in [-0.2, -0.15) is 24.9 Å². The number of nitrogens with two attached hydrogens (primary N) is 1. The quantitative estimate of drug-likeness (QED) is 0.0345. The fraction of sp³-hybridized carbons (Fsp3) is 0.932. The fourth-order valence-corrected chi connectivity index (χ4v) is 7.30. The van der Waals surface area contributed by atoms with Crippen LogP contribution in [0.4, 0.5) is 13.2 Å². The van der Waals surface area contributed by atoms with Gasteiger partial charge in [0.25, 0.3) is 0 Å². The molecule has 0 fully saturated rings. The molecule has 346 valence electrons. The van der Waals surface area contributed by atoms with Gasteiger partial charge in [0, 0.05) is 24.7 Å². The standard InChI is InChI=1S/C42H84N2O6S.C2HF3O2/c1-4-6-8-10-12-14-16-18-20-22-24-26-28-30-32-49-35-38(36-51-37-39(43)41(46)44-40(34-45)42(47)48-3)50-33-31-29-27-25-23-21-19-17-15-13-11-9-7-5-2;3-2(4,5)1(6)7/h38-40,45H,4-37,43H2,1-3H3,(H,44,46);(H,6,7)/t38-,39+,40+;/m1./s1. The highest BCUT2D eigenvalue weighted by atomic mass is 32.2. The minimum atomic E-state index is -5.08. The van der Waals surface area contributed by atoms with E-state index in [1.807, 2.05) is 0 Å². The van der Waals surface area contributed by atoms with Crippen LogP contribution in [0.1, 0.15) is 194 Å². The molecule has 0 aromatic rings. The van der Waals surface area contributed by atoms with Crippen LogP contribution in [-0.4, -0.2) is 97.5 Å². The highest BCUT2D eigenvalue weighted by molar-refractivity contribution is 7.99. The van der Waals surface area contributed by atoms with Crippen molar-refractivity contribution < 1.29 is 52.0 Å². The molecule has 0 saturated heterocycles. The molecule has 0 spiro atoms. The van der Waals surface area contributed by atoms with Crippen LogP contribution >= 0.6 is 11.8 Å². The number of thioether (sulfide) groups is 1. The lowest BCUT2D eigenvalue weighted by Crippen LogP contribution is -2.51. The van der Waals surface area contributed by atoms with Crippen LogP contribution in [-0.2, 0) is 28.6 Å². The summed E-state index contributed by atoms with van der Waals surface area (Å²) in [5, 5.41) is 19.0. The molecule has 5 N–H and O–H groups in total. The van der Waals surface area contributed by atoms with Crippen LogP contribution in [0.15, 0.2) is 0 Å². The highest BCUT2D eigenvalue weighted by Crippen LogP contribution is 2.16. The third-order valence-electron chi connectivity index (χ3n) is 9.96. The highest BCUT2D eigenvalue weighted by Gasteiger charge is 2.38. The van der Waals surface area contributed by atoms with Crippen molar-refractivity contribution in [1.29, 1.82) is 0 Å². The number of alkyl halides is 3. The van der Waals surface area contributed by atoms with E-state index in [-0.39, 0.29) is 6.10 Å². The van der Waals surface area contributed by atoms with Crippen LogP contribution in [0.5, 0.6) is 0 Å².